The molecule has 4 heterocycles. The highest BCUT2D eigenvalue weighted by Gasteiger charge is 2.49. The lowest BCUT2D eigenvalue weighted by atomic mass is 9.94. The van der Waals surface area contributed by atoms with Crippen LogP contribution < -0.4 is 4.90 Å². The van der Waals surface area contributed by atoms with E-state index in [-0.39, 0.29) is 17.6 Å². The average Bonchev–Trinajstić information content (AvgIpc) is 3.07. The van der Waals surface area contributed by atoms with E-state index < -0.39 is 5.97 Å². The van der Waals surface area contributed by atoms with Crippen molar-refractivity contribution in [2.45, 2.75) is 12.5 Å². The van der Waals surface area contributed by atoms with Crippen LogP contribution in [0.2, 0.25) is 0 Å². The Labute approximate surface area is 119 Å². The molecule has 0 spiro atoms. The van der Waals surface area contributed by atoms with Crippen molar-refractivity contribution in [3.8, 4) is 0 Å². The predicted molar refractivity (Wildman–Crippen MR) is 74.0 cm³/mol. The minimum Gasteiger partial charge on any atom is -0.477 e. The van der Waals surface area contributed by atoms with Gasteiger partial charge in [0.05, 0.1) is 11.8 Å². The van der Waals surface area contributed by atoms with E-state index in [0.29, 0.717) is 12.0 Å². The summed E-state index contributed by atoms with van der Waals surface area (Å²) in [6, 6.07) is -0.125. The van der Waals surface area contributed by atoms with Gasteiger partial charge in [0, 0.05) is 5.57 Å². The zero-order chi connectivity index (χ0) is 13.9. The number of carbonyl (C=O) groups excluding carboxylic acids is 1. The first-order valence-electron chi connectivity index (χ1n) is 6.27. The van der Waals surface area contributed by atoms with Crippen LogP contribution in [0.4, 0.5) is 0 Å². The molecule has 6 nitrogen and oxygen atoms in total. The molecule has 2 fully saturated rings. The fourth-order valence-electron chi connectivity index (χ4n) is 2.84. The molecule has 1 amide bonds. The fourth-order valence-corrected chi connectivity index (χ4v) is 3.77. The van der Waals surface area contributed by atoms with Crippen LogP contribution in [0.25, 0.3) is 0 Å². The number of amides is 1. The Morgan fingerprint density at radius 1 is 1.60 bits per heavy atom. The number of rotatable bonds is 2. The highest BCUT2D eigenvalue weighted by atomic mass is 32.2. The van der Waals surface area contributed by atoms with Crippen molar-refractivity contribution in [1.82, 2.24) is 9.80 Å². The maximum absolute atomic E-state index is 12.1. The van der Waals surface area contributed by atoms with Gasteiger partial charge in [0.1, 0.15) is 11.4 Å². The lowest BCUT2D eigenvalue weighted by Gasteiger charge is -2.38. The summed E-state index contributed by atoms with van der Waals surface area (Å²) in [5.74, 6) is 1.57. The van der Waals surface area contributed by atoms with Crippen LogP contribution in [-0.2, 0) is 9.59 Å². The zero-order valence-corrected chi connectivity index (χ0v) is 11.3. The zero-order valence-electron chi connectivity index (χ0n) is 10.4. The number of nitrogens with zero attached hydrogens (tertiary/aromatic N) is 3. The molecule has 0 saturated carbocycles. The number of hydrogen-bond donors (Lipinski definition) is 1. The van der Waals surface area contributed by atoms with E-state index in [1.165, 1.54) is 4.90 Å². The number of carboxylic acid groups (broad SMARTS) is 1. The number of carboxylic acids is 1. The number of hydrogen-bond acceptors (Lipinski definition) is 5. The molecule has 1 N–H and O–H groups in total. The first-order valence-corrected chi connectivity index (χ1v) is 7.43. The van der Waals surface area contributed by atoms with Crippen LogP contribution >= 0.6 is 11.8 Å². The van der Waals surface area contributed by atoms with Gasteiger partial charge in [-0.05, 0) is 12.5 Å². The van der Waals surface area contributed by atoms with Gasteiger partial charge in [0.2, 0.25) is 0 Å². The topological polar surface area (TPSA) is 75.9 Å². The van der Waals surface area contributed by atoms with Crippen LogP contribution in [0, 0.1) is 0 Å². The molecule has 7 heteroatoms. The molecule has 0 aromatic carbocycles. The Balaban J connectivity index is 1.57. The Morgan fingerprint density at radius 2 is 2.45 bits per heavy atom. The number of β-lactam (4-membered cyclic amide) rings is 1. The van der Waals surface area contributed by atoms with Crippen molar-refractivity contribution in [2.24, 2.45) is 4.99 Å². The maximum Gasteiger partial charge on any atom is 0.352 e. The third kappa shape index (κ3) is 1.53. The van der Waals surface area contributed by atoms with Gasteiger partial charge in [-0.25, -0.2) is 4.79 Å². The smallest absolute Gasteiger partial charge is 0.352 e. The van der Waals surface area contributed by atoms with Crippen molar-refractivity contribution in [3.63, 3.8) is 0 Å². The van der Waals surface area contributed by atoms with Gasteiger partial charge in [-0.1, -0.05) is 22.7 Å². The lowest BCUT2D eigenvalue weighted by molar-refractivity contribution is -0.142. The summed E-state index contributed by atoms with van der Waals surface area (Å²) in [7, 11) is 0. The van der Waals surface area contributed by atoms with Gasteiger partial charge in [0.25, 0.3) is 11.7 Å². The molecular weight excluding hydrogens is 278 g/mol. The largest absolute Gasteiger partial charge is 0.477 e. The molecule has 4 rings (SSSR count). The Morgan fingerprint density at radius 3 is 3.20 bits per heavy atom. The van der Waals surface area contributed by atoms with Crippen molar-refractivity contribution >= 4 is 29.5 Å². The molecule has 4 aliphatic rings. The number of allylic oxidation sites excluding steroid dienone is 1. The quantitative estimate of drug-likeness (QED) is 0.459. The Hall–Kier alpha value is -1.86. The third-order valence-corrected chi connectivity index (χ3v) is 4.72. The normalized spacial score (nSPS) is 29.9. The standard InChI is InChI=1S/C13H11N3O3S/c17-12-8(9-1-2-10(13(18)19)16(9)12)3-7-4-15-6-20-5-11(15)14-7/h2-4,9H,1,5-6H2,(H,18,19)/q+1. The molecule has 0 aromatic heterocycles. The van der Waals surface area contributed by atoms with Gasteiger partial charge in [-0.3, -0.25) is 9.69 Å². The summed E-state index contributed by atoms with van der Waals surface area (Å²) >= 11 is 1.81. The van der Waals surface area contributed by atoms with Crippen LogP contribution in [0.5, 0.6) is 0 Å². The number of thioether (sulfide) groups is 1. The second kappa shape index (κ2) is 4.07. The van der Waals surface area contributed by atoms with E-state index in [1.807, 2.05) is 18.0 Å². The molecule has 20 heavy (non-hydrogen) atoms. The minimum absolute atomic E-state index is 0.0980. The molecule has 1 unspecified atom stereocenters. The molecule has 101 valence electrons. The predicted octanol–water partition coefficient (Wildman–Crippen LogP) is 0.594. The number of aliphatic carboxylic acids is 1. The summed E-state index contributed by atoms with van der Waals surface area (Å²) in [5.41, 5.74) is 1.54. The first kappa shape index (κ1) is 11.9. The molecule has 0 aromatic rings. The van der Waals surface area contributed by atoms with Crippen molar-refractivity contribution in [3.05, 3.63) is 35.3 Å². The molecule has 0 aliphatic carbocycles. The van der Waals surface area contributed by atoms with Crippen LogP contribution in [0.3, 0.4) is 0 Å². The summed E-state index contributed by atoms with van der Waals surface area (Å²) in [6.07, 6.45) is 5.91. The lowest BCUT2D eigenvalue weighted by Crippen LogP contribution is -2.52. The summed E-state index contributed by atoms with van der Waals surface area (Å²) in [5, 5.41) is 9.01. The molecule has 0 bridgehead atoms. The van der Waals surface area contributed by atoms with Crippen LogP contribution in [0.15, 0.2) is 40.3 Å². The van der Waals surface area contributed by atoms with E-state index in [4.69, 9.17) is 5.11 Å². The number of carbonyl (C=O) groups is 2. The van der Waals surface area contributed by atoms with E-state index in [2.05, 4.69) is 9.89 Å². The SMILES string of the molecule is O=C(O)C1=CCC2C(=CC3=C[N+]4CSCC4=N3)C(=O)N12. The highest BCUT2D eigenvalue weighted by Crippen LogP contribution is 2.39. The van der Waals surface area contributed by atoms with E-state index in [0.717, 1.165) is 23.2 Å². The maximum atomic E-state index is 12.1. The Kier molecular flexibility index (Phi) is 2.42. The highest BCUT2D eigenvalue weighted by molar-refractivity contribution is 8.00. The average molecular weight is 289 g/mol. The van der Waals surface area contributed by atoms with Gasteiger partial charge >= 0.3 is 5.97 Å². The van der Waals surface area contributed by atoms with Crippen LogP contribution in [-0.4, -0.2) is 45.4 Å². The van der Waals surface area contributed by atoms with E-state index >= 15 is 0 Å². The Bertz CT molecular complexity index is 662. The molecule has 2 saturated heterocycles. The van der Waals surface area contributed by atoms with Gasteiger partial charge in [-0.15, -0.1) is 0 Å². The van der Waals surface area contributed by atoms with E-state index in [9.17, 15) is 9.59 Å². The molecule has 4 aliphatic heterocycles. The third-order valence-electron chi connectivity index (χ3n) is 3.79. The number of aliphatic imine (C=N–C) groups is 1. The molecule has 1 radical (unpaired) electrons. The fraction of sp³-hybridized carbons (Fsp3) is 0.308. The monoisotopic (exact) mass is 289 g/mol. The van der Waals surface area contributed by atoms with Gasteiger partial charge in [-0.2, -0.15) is 4.99 Å². The van der Waals surface area contributed by atoms with Crippen molar-refractivity contribution < 1.29 is 14.7 Å². The van der Waals surface area contributed by atoms with Crippen LogP contribution in [0.1, 0.15) is 6.42 Å². The number of amidine groups is 1. The molecular formula is C13H11N3O3S+. The summed E-state index contributed by atoms with van der Waals surface area (Å²) in [6.45, 7) is 0. The summed E-state index contributed by atoms with van der Waals surface area (Å²) < 4.78 is 0. The van der Waals surface area contributed by atoms with E-state index in [1.54, 1.807) is 12.2 Å². The van der Waals surface area contributed by atoms with Gasteiger partial charge in [0.15, 0.2) is 12.1 Å². The first-order chi connectivity index (χ1) is 9.65. The second-order valence-corrected chi connectivity index (χ2v) is 5.91. The number of fused-ring (bicyclic) bond motifs is 2. The second-order valence-electron chi connectivity index (χ2n) is 4.95. The summed E-state index contributed by atoms with van der Waals surface area (Å²) in [4.78, 5) is 31.0. The van der Waals surface area contributed by atoms with Crippen molar-refractivity contribution in [2.75, 3.05) is 11.6 Å². The van der Waals surface area contributed by atoms with Gasteiger partial charge < -0.3 is 5.11 Å². The molecule has 1 atom stereocenters. The minimum atomic E-state index is -1.04. The van der Waals surface area contributed by atoms with Crippen molar-refractivity contribution in [1.29, 1.82) is 0 Å².